The Morgan fingerprint density at radius 1 is 1.19 bits per heavy atom. The van der Waals surface area contributed by atoms with E-state index in [4.69, 9.17) is 4.52 Å². The van der Waals surface area contributed by atoms with Gasteiger partial charge in [0, 0.05) is 50.2 Å². The van der Waals surface area contributed by atoms with Gasteiger partial charge in [-0.2, -0.15) is 0 Å². The Labute approximate surface area is 123 Å². The SMILES string of the molecule is Fc1ccc2c(CN3CCN(C4CCC4)CC3)noc2c1. The fourth-order valence-corrected chi connectivity index (χ4v) is 3.33. The minimum absolute atomic E-state index is 0.278. The normalized spacial score (nSPS) is 21.8. The molecule has 4 rings (SSSR count). The third kappa shape index (κ3) is 2.56. The minimum Gasteiger partial charge on any atom is -0.356 e. The molecule has 0 unspecified atom stereocenters. The second-order valence-corrected chi connectivity index (χ2v) is 6.17. The lowest BCUT2D eigenvalue weighted by atomic mass is 9.91. The first-order valence-electron chi connectivity index (χ1n) is 7.80. The number of fused-ring (bicyclic) bond motifs is 1. The summed E-state index contributed by atoms with van der Waals surface area (Å²) in [6.07, 6.45) is 4.14. The standard InChI is InChI=1S/C16H20FN3O/c17-12-4-5-14-15(18-21-16(14)10-12)11-19-6-8-20(9-7-19)13-2-1-3-13/h4-5,10,13H,1-3,6-9,11H2. The van der Waals surface area contributed by atoms with Crippen LogP contribution in [0.1, 0.15) is 25.0 Å². The molecule has 0 radical (unpaired) electrons. The van der Waals surface area contributed by atoms with Crippen molar-refractivity contribution in [2.24, 2.45) is 0 Å². The van der Waals surface area contributed by atoms with Gasteiger partial charge in [0.15, 0.2) is 5.58 Å². The van der Waals surface area contributed by atoms with Crippen molar-refractivity contribution in [3.63, 3.8) is 0 Å². The van der Waals surface area contributed by atoms with Crippen LogP contribution in [0.4, 0.5) is 4.39 Å². The number of piperazine rings is 1. The molecule has 0 N–H and O–H groups in total. The van der Waals surface area contributed by atoms with Crippen molar-refractivity contribution in [1.82, 2.24) is 15.0 Å². The van der Waals surface area contributed by atoms with Crippen LogP contribution in [0.5, 0.6) is 0 Å². The van der Waals surface area contributed by atoms with E-state index < -0.39 is 0 Å². The van der Waals surface area contributed by atoms with Crippen molar-refractivity contribution in [3.8, 4) is 0 Å². The van der Waals surface area contributed by atoms with Gasteiger partial charge in [-0.05, 0) is 25.0 Å². The Hall–Kier alpha value is -1.46. The van der Waals surface area contributed by atoms with Crippen molar-refractivity contribution >= 4 is 11.0 Å². The van der Waals surface area contributed by atoms with Gasteiger partial charge in [0.25, 0.3) is 0 Å². The largest absolute Gasteiger partial charge is 0.356 e. The monoisotopic (exact) mass is 289 g/mol. The Morgan fingerprint density at radius 2 is 2.00 bits per heavy atom. The molecule has 1 aliphatic heterocycles. The first kappa shape index (κ1) is 13.2. The highest BCUT2D eigenvalue weighted by atomic mass is 19.1. The predicted octanol–water partition coefficient (Wildman–Crippen LogP) is 2.64. The number of hydrogen-bond donors (Lipinski definition) is 0. The van der Waals surface area contributed by atoms with Crippen LogP contribution in [0, 0.1) is 5.82 Å². The number of rotatable bonds is 3. The van der Waals surface area contributed by atoms with E-state index in [1.807, 2.05) is 0 Å². The highest BCUT2D eigenvalue weighted by Gasteiger charge is 2.28. The number of benzene rings is 1. The third-order valence-corrected chi connectivity index (χ3v) is 4.88. The van der Waals surface area contributed by atoms with Crippen molar-refractivity contribution in [1.29, 1.82) is 0 Å². The number of halogens is 1. The van der Waals surface area contributed by atoms with Crippen molar-refractivity contribution in [2.45, 2.75) is 31.8 Å². The van der Waals surface area contributed by atoms with Gasteiger partial charge in [0.2, 0.25) is 0 Å². The maximum absolute atomic E-state index is 13.2. The van der Waals surface area contributed by atoms with Gasteiger partial charge in [0.05, 0.1) is 0 Å². The molecule has 112 valence electrons. The first-order chi connectivity index (χ1) is 10.3. The number of hydrogen-bond acceptors (Lipinski definition) is 4. The maximum atomic E-state index is 13.2. The predicted molar refractivity (Wildman–Crippen MR) is 78.5 cm³/mol. The van der Waals surface area contributed by atoms with Gasteiger partial charge >= 0.3 is 0 Å². The second kappa shape index (κ2) is 5.39. The highest BCUT2D eigenvalue weighted by molar-refractivity contribution is 5.79. The Morgan fingerprint density at radius 3 is 2.71 bits per heavy atom. The molecule has 4 nitrogen and oxygen atoms in total. The summed E-state index contributed by atoms with van der Waals surface area (Å²) in [6, 6.07) is 5.47. The topological polar surface area (TPSA) is 32.5 Å². The van der Waals surface area contributed by atoms with E-state index in [1.165, 1.54) is 31.4 Å². The van der Waals surface area contributed by atoms with E-state index in [1.54, 1.807) is 6.07 Å². The van der Waals surface area contributed by atoms with Crippen LogP contribution in [0.3, 0.4) is 0 Å². The molecule has 0 bridgehead atoms. The lowest BCUT2D eigenvalue weighted by molar-refractivity contribution is 0.0580. The minimum atomic E-state index is -0.278. The number of nitrogens with zero attached hydrogens (tertiary/aromatic N) is 3. The zero-order valence-corrected chi connectivity index (χ0v) is 12.1. The molecular formula is C16H20FN3O. The number of aromatic nitrogens is 1. The summed E-state index contributed by atoms with van der Waals surface area (Å²) in [6.45, 7) is 5.24. The Bertz CT molecular complexity index is 629. The van der Waals surface area contributed by atoms with Crippen LogP contribution in [0.25, 0.3) is 11.0 Å². The van der Waals surface area contributed by atoms with E-state index in [0.29, 0.717) is 5.58 Å². The fourth-order valence-electron chi connectivity index (χ4n) is 3.33. The van der Waals surface area contributed by atoms with Crippen LogP contribution in [0.2, 0.25) is 0 Å². The molecule has 21 heavy (non-hydrogen) atoms. The molecule has 2 heterocycles. The van der Waals surface area contributed by atoms with Gasteiger partial charge in [0.1, 0.15) is 11.5 Å². The second-order valence-electron chi connectivity index (χ2n) is 6.17. The van der Waals surface area contributed by atoms with Gasteiger partial charge in [-0.25, -0.2) is 4.39 Å². The molecule has 2 aliphatic rings. The molecule has 5 heteroatoms. The van der Waals surface area contributed by atoms with Crippen molar-refractivity contribution in [3.05, 3.63) is 29.7 Å². The third-order valence-electron chi connectivity index (χ3n) is 4.88. The Balaban J connectivity index is 1.41. The van der Waals surface area contributed by atoms with E-state index in [-0.39, 0.29) is 5.82 Å². The molecule has 2 fully saturated rings. The maximum Gasteiger partial charge on any atom is 0.170 e. The van der Waals surface area contributed by atoms with Crippen LogP contribution in [0.15, 0.2) is 22.7 Å². The molecule has 1 aromatic carbocycles. The molecule has 1 saturated heterocycles. The molecular weight excluding hydrogens is 269 g/mol. The summed E-state index contributed by atoms with van der Waals surface area (Å²) in [5, 5.41) is 5.04. The lowest BCUT2D eigenvalue weighted by Crippen LogP contribution is -2.51. The van der Waals surface area contributed by atoms with Crippen LogP contribution < -0.4 is 0 Å². The van der Waals surface area contributed by atoms with Crippen molar-refractivity contribution in [2.75, 3.05) is 26.2 Å². The molecule has 0 amide bonds. The molecule has 0 atom stereocenters. The van der Waals surface area contributed by atoms with E-state index in [9.17, 15) is 4.39 Å². The zero-order valence-electron chi connectivity index (χ0n) is 12.1. The quantitative estimate of drug-likeness (QED) is 0.869. The van der Waals surface area contributed by atoms with E-state index >= 15 is 0 Å². The molecule has 2 aromatic rings. The summed E-state index contributed by atoms with van der Waals surface area (Å²) in [5.41, 5.74) is 1.46. The summed E-state index contributed by atoms with van der Waals surface area (Å²) < 4.78 is 18.4. The fraction of sp³-hybridized carbons (Fsp3) is 0.562. The average molecular weight is 289 g/mol. The highest BCUT2D eigenvalue weighted by Crippen LogP contribution is 2.26. The zero-order chi connectivity index (χ0) is 14.2. The molecule has 1 saturated carbocycles. The summed E-state index contributed by atoms with van der Waals surface area (Å²) in [7, 11) is 0. The van der Waals surface area contributed by atoms with Crippen LogP contribution in [-0.4, -0.2) is 47.2 Å². The van der Waals surface area contributed by atoms with Gasteiger partial charge < -0.3 is 4.52 Å². The van der Waals surface area contributed by atoms with Crippen LogP contribution in [-0.2, 0) is 6.54 Å². The van der Waals surface area contributed by atoms with E-state index in [2.05, 4.69) is 15.0 Å². The van der Waals surface area contributed by atoms with Crippen molar-refractivity contribution < 1.29 is 8.91 Å². The summed E-state index contributed by atoms with van der Waals surface area (Å²) >= 11 is 0. The molecule has 1 aliphatic carbocycles. The van der Waals surface area contributed by atoms with E-state index in [0.717, 1.165) is 49.8 Å². The van der Waals surface area contributed by atoms with Gasteiger partial charge in [-0.15, -0.1) is 0 Å². The summed E-state index contributed by atoms with van der Waals surface area (Å²) in [4.78, 5) is 5.03. The van der Waals surface area contributed by atoms with Gasteiger partial charge in [-0.1, -0.05) is 11.6 Å². The Kier molecular flexibility index (Phi) is 3.39. The lowest BCUT2D eigenvalue weighted by Gasteiger charge is -2.42. The summed E-state index contributed by atoms with van der Waals surface area (Å²) in [5.74, 6) is -0.278. The van der Waals surface area contributed by atoms with Crippen LogP contribution >= 0.6 is 0 Å². The smallest absolute Gasteiger partial charge is 0.170 e. The molecule has 1 aromatic heterocycles. The first-order valence-corrected chi connectivity index (χ1v) is 7.80. The van der Waals surface area contributed by atoms with Gasteiger partial charge in [-0.3, -0.25) is 9.80 Å². The molecule has 0 spiro atoms. The average Bonchev–Trinajstić information content (AvgIpc) is 2.81.